The summed E-state index contributed by atoms with van der Waals surface area (Å²) in [5.74, 6) is -5.08. The van der Waals surface area contributed by atoms with Gasteiger partial charge in [0.2, 0.25) is 17.2 Å². The number of aliphatic hydroxyl groups is 1. The van der Waals surface area contributed by atoms with E-state index in [0.717, 1.165) is 6.08 Å². The first kappa shape index (κ1) is 25.6. The third kappa shape index (κ3) is 3.47. The summed E-state index contributed by atoms with van der Waals surface area (Å²) in [6, 6.07) is 1.36. The summed E-state index contributed by atoms with van der Waals surface area (Å²) in [5, 5.41) is 19.9. The molecule has 0 spiro atoms. The number of phenols is 1. The number of fused-ring (bicyclic) bond motifs is 5. The molecule has 3 aliphatic rings. The van der Waals surface area contributed by atoms with Crippen molar-refractivity contribution in [2.45, 2.75) is 31.1 Å². The van der Waals surface area contributed by atoms with Crippen molar-refractivity contribution in [2.75, 3.05) is 4.90 Å². The van der Waals surface area contributed by atoms with Crippen LogP contribution in [0.1, 0.15) is 18.9 Å². The van der Waals surface area contributed by atoms with Gasteiger partial charge in [-0.15, -0.1) is 0 Å². The number of anilines is 1. The number of imide groups is 1. The number of carbonyl (C=O) groups excluding carboxylic acids is 2. The first-order valence-electron chi connectivity index (χ1n) is 10.9. The van der Waals surface area contributed by atoms with Crippen LogP contribution >= 0.6 is 0 Å². The molecular formula is C25H21F6NO4. The summed E-state index contributed by atoms with van der Waals surface area (Å²) < 4.78 is 86.2. The highest BCUT2D eigenvalue weighted by molar-refractivity contribution is 6.23. The van der Waals surface area contributed by atoms with E-state index >= 15 is 0 Å². The number of aromatic hydroxyl groups is 1. The van der Waals surface area contributed by atoms with Crippen LogP contribution in [0.5, 0.6) is 5.75 Å². The summed E-state index contributed by atoms with van der Waals surface area (Å²) in [7, 11) is 0. The molecule has 1 aromatic carbocycles. The molecule has 1 aromatic rings. The lowest BCUT2D eigenvalue weighted by Crippen LogP contribution is -2.55. The highest BCUT2D eigenvalue weighted by Gasteiger charge is 2.73. The standard InChI is InChI=1S/C25H21F6NO4/c1-3-16(33)8-4-12(2)23(24(26,27)28,25(29,30)31)15-7-9-18(34)17(11-15)32-21(35)19-13-5-6-14(10-13)20(19)22(32)36/h3-9,11,13-14,19-20,33-34H,2,10H2,1H3/b8-4-,16-3+. The first-order chi connectivity index (χ1) is 16.7. The Balaban J connectivity index is 1.88. The third-order valence-corrected chi connectivity index (χ3v) is 7.20. The number of carbonyl (C=O) groups is 2. The van der Waals surface area contributed by atoms with Crippen LogP contribution in [0.2, 0.25) is 0 Å². The van der Waals surface area contributed by atoms with E-state index in [1.165, 1.54) is 6.92 Å². The predicted octanol–water partition coefficient (Wildman–Crippen LogP) is 5.64. The minimum Gasteiger partial charge on any atom is -0.508 e. The van der Waals surface area contributed by atoms with Gasteiger partial charge < -0.3 is 10.2 Å². The molecule has 2 fully saturated rings. The normalized spacial score (nSPS) is 26.4. The van der Waals surface area contributed by atoms with Crippen molar-refractivity contribution in [3.63, 3.8) is 0 Å². The molecule has 5 nitrogen and oxygen atoms in total. The molecule has 2 N–H and O–H groups in total. The highest BCUT2D eigenvalue weighted by Crippen LogP contribution is 2.58. The first-order valence-corrected chi connectivity index (χ1v) is 10.9. The number of aliphatic hydroxyl groups excluding tert-OH is 1. The van der Waals surface area contributed by atoms with E-state index in [0.29, 0.717) is 41.7 Å². The average molecular weight is 513 g/mol. The molecule has 1 saturated heterocycles. The van der Waals surface area contributed by atoms with E-state index in [2.05, 4.69) is 6.58 Å². The lowest BCUT2D eigenvalue weighted by atomic mass is 9.72. The average Bonchev–Trinajstić information content (AvgIpc) is 3.45. The quantitative estimate of drug-likeness (QED) is 0.176. The van der Waals surface area contributed by atoms with Crippen LogP contribution in [0.15, 0.2) is 66.5 Å². The van der Waals surface area contributed by atoms with Crippen molar-refractivity contribution in [3.05, 3.63) is 72.1 Å². The Morgan fingerprint density at radius 2 is 1.53 bits per heavy atom. The molecule has 0 radical (unpaired) electrons. The number of hydrogen-bond acceptors (Lipinski definition) is 4. The van der Waals surface area contributed by atoms with Crippen molar-refractivity contribution in [1.29, 1.82) is 0 Å². The lowest BCUT2D eigenvalue weighted by Gasteiger charge is -2.39. The molecule has 4 atom stereocenters. The van der Waals surface area contributed by atoms with Crippen molar-refractivity contribution in [3.8, 4) is 5.75 Å². The van der Waals surface area contributed by atoms with E-state index < -0.39 is 69.8 Å². The van der Waals surface area contributed by atoms with Gasteiger partial charge >= 0.3 is 12.4 Å². The Morgan fingerprint density at radius 3 is 2.00 bits per heavy atom. The van der Waals surface area contributed by atoms with Crippen molar-refractivity contribution in [1.82, 2.24) is 0 Å². The van der Waals surface area contributed by atoms with Gasteiger partial charge in [0.25, 0.3) is 0 Å². The van der Waals surface area contributed by atoms with Gasteiger partial charge in [0.05, 0.1) is 17.5 Å². The second-order valence-corrected chi connectivity index (χ2v) is 9.03. The van der Waals surface area contributed by atoms with Gasteiger partial charge in [0.1, 0.15) is 11.5 Å². The molecule has 11 heteroatoms. The van der Waals surface area contributed by atoms with Crippen molar-refractivity contribution >= 4 is 17.5 Å². The molecule has 4 rings (SSSR count). The summed E-state index contributed by atoms with van der Waals surface area (Å²) >= 11 is 0. The Morgan fingerprint density at radius 1 is 1.00 bits per heavy atom. The molecule has 1 aliphatic heterocycles. The molecule has 0 aromatic heterocycles. The van der Waals surface area contributed by atoms with E-state index in [9.17, 15) is 46.1 Å². The molecule has 192 valence electrons. The van der Waals surface area contributed by atoms with Crippen molar-refractivity contribution in [2.24, 2.45) is 23.7 Å². The van der Waals surface area contributed by atoms with Gasteiger partial charge in [0, 0.05) is 0 Å². The smallest absolute Gasteiger partial charge is 0.411 e. The molecule has 2 amide bonds. The third-order valence-electron chi connectivity index (χ3n) is 7.20. The SMILES string of the molecule is C=C(/C=C\C(O)=C/C)C(c1ccc(O)c(N2C(=O)C3C4C=CC(C4)C3C2=O)c1)(C(F)(F)F)C(F)(F)F. The summed E-state index contributed by atoms with van der Waals surface area (Å²) in [6.45, 7) is 4.33. The summed E-state index contributed by atoms with van der Waals surface area (Å²) in [6.07, 6.45) is -5.79. The van der Waals surface area contributed by atoms with Crippen LogP contribution in [0.4, 0.5) is 32.0 Å². The Kier molecular flexibility index (Phi) is 5.88. The highest BCUT2D eigenvalue weighted by atomic mass is 19.4. The monoisotopic (exact) mass is 513 g/mol. The van der Waals surface area contributed by atoms with Gasteiger partial charge in [-0.3, -0.25) is 9.59 Å². The van der Waals surface area contributed by atoms with Crippen LogP contribution in [-0.2, 0) is 15.0 Å². The van der Waals surface area contributed by atoms with Gasteiger partial charge in [0.15, 0.2) is 0 Å². The molecule has 1 heterocycles. The predicted molar refractivity (Wildman–Crippen MR) is 117 cm³/mol. The second-order valence-electron chi connectivity index (χ2n) is 9.03. The number of halogens is 6. The molecule has 1 saturated carbocycles. The zero-order valence-electron chi connectivity index (χ0n) is 18.8. The van der Waals surface area contributed by atoms with Crippen LogP contribution in [0.3, 0.4) is 0 Å². The summed E-state index contributed by atoms with van der Waals surface area (Å²) in [4.78, 5) is 26.7. The maximum atomic E-state index is 14.4. The number of amides is 2. The van der Waals surface area contributed by atoms with Gasteiger partial charge in [-0.25, -0.2) is 4.90 Å². The molecule has 4 unspecified atom stereocenters. The minimum absolute atomic E-state index is 0.263. The molecule has 2 bridgehead atoms. The van der Waals surface area contributed by atoms with E-state index in [4.69, 9.17) is 0 Å². The zero-order chi connectivity index (χ0) is 26.8. The molecule has 2 aliphatic carbocycles. The van der Waals surface area contributed by atoms with Crippen LogP contribution < -0.4 is 4.90 Å². The number of phenolic OH excluding ortho intramolecular Hbond substituents is 1. The van der Waals surface area contributed by atoms with Gasteiger partial charge in [-0.05, 0) is 60.6 Å². The number of allylic oxidation sites excluding steroid dienone is 6. The number of nitrogens with zero attached hydrogens (tertiary/aromatic N) is 1. The number of hydrogen-bond donors (Lipinski definition) is 2. The zero-order valence-corrected chi connectivity index (χ0v) is 18.8. The van der Waals surface area contributed by atoms with E-state index in [-0.39, 0.29) is 11.8 Å². The maximum absolute atomic E-state index is 14.4. The maximum Gasteiger partial charge on any atom is 0.411 e. The Bertz CT molecular complexity index is 1180. The number of rotatable bonds is 5. The topological polar surface area (TPSA) is 77.8 Å². The fourth-order valence-corrected chi connectivity index (χ4v) is 5.52. The fraction of sp³-hybridized carbons (Fsp3) is 0.360. The summed E-state index contributed by atoms with van der Waals surface area (Å²) in [5.41, 5.74) is -8.30. The van der Waals surface area contributed by atoms with Crippen LogP contribution in [0.25, 0.3) is 0 Å². The van der Waals surface area contributed by atoms with Crippen LogP contribution in [-0.4, -0.2) is 34.4 Å². The van der Waals surface area contributed by atoms with Gasteiger partial charge in [-0.2, -0.15) is 26.3 Å². The molecule has 36 heavy (non-hydrogen) atoms. The second kappa shape index (κ2) is 8.28. The number of benzene rings is 1. The minimum atomic E-state index is -5.98. The van der Waals surface area contributed by atoms with Crippen LogP contribution in [0, 0.1) is 23.7 Å². The van der Waals surface area contributed by atoms with Gasteiger partial charge in [-0.1, -0.05) is 30.9 Å². The van der Waals surface area contributed by atoms with E-state index in [1.54, 1.807) is 12.2 Å². The van der Waals surface area contributed by atoms with Crippen molar-refractivity contribution < 1.29 is 46.1 Å². The Hall–Kier alpha value is -3.50. The largest absolute Gasteiger partial charge is 0.508 e. The Labute approximate surface area is 201 Å². The fourth-order valence-electron chi connectivity index (χ4n) is 5.52. The lowest BCUT2D eigenvalue weighted by molar-refractivity contribution is -0.288. The van der Waals surface area contributed by atoms with E-state index in [1.807, 2.05) is 0 Å². The number of alkyl halides is 6. The molecular weight excluding hydrogens is 492 g/mol.